The van der Waals surface area contributed by atoms with E-state index in [0.29, 0.717) is 6.54 Å². The Labute approximate surface area is 152 Å². The Morgan fingerprint density at radius 1 is 1.16 bits per heavy atom. The lowest BCUT2D eigenvalue weighted by molar-refractivity contribution is 0.0340. The van der Waals surface area contributed by atoms with Gasteiger partial charge < -0.3 is 10.1 Å². The second-order valence-corrected chi connectivity index (χ2v) is 7.89. The van der Waals surface area contributed by atoms with Gasteiger partial charge in [-0.3, -0.25) is 9.69 Å². The van der Waals surface area contributed by atoms with Crippen LogP contribution in [0.5, 0.6) is 0 Å². The van der Waals surface area contributed by atoms with Crippen LogP contribution in [0.4, 0.5) is 0 Å². The van der Waals surface area contributed by atoms with Gasteiger partial charge in [0.2, 0.25) is 0 Å². The van der Waals surface area contributed by atoms with E-state index in [1.165, 1.54) is 28.0 Å². The average Bonchev–Trinajstić information content (AvgIpc) is 3.24. The van der Waals surface area contributed by atoms with E-state index in [9.17, 15) is 4.79 Å². The van der Waals surface area contributed by atoms with Crippen LogP contribution in [-0.4, -0.2) is 37.1 Å². The lowest BCUT2D eigenvalue weighted by atomic mass is 10.1. The molecule has 5 heteroatoms. The normalized spacial score (nSPS) is 17.4. The summed E-state index contributed by atoms with van der Waals surface area (Å²) < 4.78 is 5.42. The molecule has 1 aliphatic heterocycles. The van der Waals surface area contributed by atoms with Gasteiger partial charge in [0.1, 0.15) is 0 Å². The molecular weight excluding hydrogens is 332 g/mol. The van der Waals surface area contributed by atoms with Crippen LogP contribution in [0.15, 0.2) is 30.3 Å². The summed E-state index contributed by atoms with van der Waals surface area (Å²) in [7, 11) is 0. The number of rotatable bonds is 5. The number of nitrogens with zero attached hydrogens (tertiary/aromatic N) is 1. The van der Waals surface area contributed by atoms with Crippen molar-refractivity contribution in [1.82, 2.24) is 10.2 Å². The van der Waals surface area contributed by atoms with E-state index >= 15 is 0 Å². The van der Waals surface area contributed by atoms with Crippen LogP contribution in [0, 0.1) is 0 Å². The number of amides is 1. The first-order valence-electron chi connectivity index (χ1n) is 9.06. The van der Waals surface area contributed by atoms with Crippen molar-refractivity contribution in [2.75, 3.05) is 26.3 Å². The molecule has 2 heterocycles. The first-order chi connectivity index (χ1) is 12.3. The predicted octanol–water partition coefficient (Wildman–Crippen LogP) is 3.00. The lowest BCUT2D eigenvalue weighted by Crippen LogP contribution is -2.36. The van der Waals surface area contributed by atoms with E-state index in [-0.39, 0.29) is 5.91 Å². The summed E-state index contributed by atoms with van der Waals surface area (Å²) >= 11 is 1.66. The van der Waals surface area contributed by atoms with Crippen LogP contribution >= 0.6 is 11.3 Å². The van der Waals surface area contributed by atoms with E-state index in [2.05, 4.69) is 34.5 Å². The number of nitrogens with one attached hydrogen (secondary N) is 1. The van der Waals surface area contributed by atoms with Crippen molar-refractivity contribution >= 4 is 17.2 Å². The van der Waals surface area contributed by atoms with E-state index in [1.54, 1.807) is 11.3 Å². The molecule has 0 spiro atoms. The Kier molecular flexibility index (Phi) is 5.15. The number of benzene rings is 1. The molecule has 1 N–H and O–H groups in total. The Morgan fingerprint density at radius 2 is 1.96 bits per heavy atom. The van der Waals surface area contributed by atoms with Gasteiger partial charge in [-0.25, -0.2) is 0 Å². The number of carbonyl (C=O) groups excluding carboxylic acids is 1. The summed E-state index contributed by atoms with van der Waals surface area (Å²) in [4.78, 5) is 17.2. The third-order valence-electron chi connectivity index (χ3n) is 5.03. The molecule has 1 fully saturated rings. The highest BCUT2D eigenvalue weighted by atomic mass is 32.1. The quantitative estimate of drug-likeness (QED) is 0.895. The SMILES string of the molecule is O=C(NCc1ccccc1CN1CCOCC1)c1cc2c(s1)CCC2. The van der Waals surface area contributed by atoms with Gasteiger partial charge in [0.25, 0.3) is 5.91 Å². The van der Waals surface area contributed by atoms with Gasteiger partial charge in [-0.2, -0.15) is 0 Å². The molecule has 2 aliphatic rings. The van der Waals surface area contributed by atoms with Crippen LogP contribution in [-0.2, 0) is 30.7 Å². The second-order valence-electron chi connectivity index (χ2n) is 6.75. The molecule has 0 unspecified atom stereocenters. The molecule has 1 aromatic heterocycles. The second kappa shape index (κ2) is 7.68. The number of thiophene rings is 1. The minimum atomic E-state index is 0.0561. The van der Waals surface area contributed by atoms with E-state index < -0.39 is 0 Å². The first-order valence-corrected chi connectivity index (χ1v) is 9.88. The molecule has 0 saturated carbocycles. The molecular formula is C20H24N2O2S. The van der Waals surface area contributed by atoms with Gasteiger partial charge in [0.05, 0.1) is 18.1 Å². The Balaban J connectivity index is 1.39. The molecule has 25 heavy (non-hydrogen) atoms. The van der Waals surface area contributed by atoms with Gasteiger partial charge in [-0.1, -0.05) is 24.3 Å². The first kappa shape index (κ1) is 16.8. The minimum absolute atomic E-state index is 0.0561. The minimum Gasteiger partial charge on any atom is -0.379 e. The average molecular weight is 356 g/mol. The fraction of sp³-hybridized carbons (Fsp3) is 0.450. The van der Waals surface area contributed by atoms with Gasteiger partial charge in [0.15, 0.2) is 0 Å². The molecule has 4 rings (SSSR count). The largest absolute Gasteiger partial charge is 0.379 e. The third kappa shape index (κ3) is 3.94. The Morgan fingerprint density at radius 3 is 2.76 bits per heavy atom. The molecule has 4 nitrogen and oxygen atoms in total. The zero-order chi connectivity index (χ0) is 17.1. The topological polar surface area (TPSA) is 41.6 Å². The van der Waals surface area contributed by atoms with Crippen molar-refractivity contribution in [2.24, 2.45) is 0 Å². The van der Waals surface area contributed by atoms with Crippen LogP contribution in [0.25, 0.3) is 0 Å². The molecule has 1 aromatic carbocycles. The van der Waals surface area contributed by atoms with E-state index in [0.717, 1.165) is 50.6 Å². The summed E-state index contributed by atoms with van der Waals surface area (Å²) in [5.41, 5.74) is 3.87. The van der Waals surface area contributed by atoms with Crippen LogP contribution < -0.4 is 5.32 Å². The maximum atomic E-state index is 12.5. The monoisotopic (exact) mass is 356 g/mol. The summed E-state index contributed by atoms with van der Waals surface area (Å²) in [5.74, 6) is 0.0561. The maximum absolute atomic E-state index is 12.5. The van der Waals surface area contributed by atoms with Gasteiger partial charge in [-0.05, 0) is 42.0 Å². The number of fused-ring (bicyclic) bond motifs is 1. The maximum Gasteiger partial charge on any atom is 0.261 e. The molecule has 1 amide bonds. The van der Waals surface area contributed by atoms with Crippen molar-refractivity contribution in [3.05, 3.63) is 56.8 Å². The van der Waals surface area contributed by atoms with E-state index in [4.69, 9.17) is 4.74 Å². The van der Waals surface area contributed by atoms with Crippen molar-refractivity contribution in [1.29, 1.82) is 0 Å². The van der Waals surface area contributed by atoms with Crippen LogP contribution in [0.3, 0.4) is 0 Å². The van der Waals surface area contributed by atoms with Crippen LogP contribution in [0.1, 0.15) is 37.7 Å². The molecule has 1 aliphatic carbocycles. The number of aryl methyl sites for hydroxylation is 2. The van der Waals surface area contributed by atoms with Crippen LogP contribution in [0.2, 0.25) is 0 Å². The zero-order valence-electron chi connectivity index (χ0n) is 14.4. The highest BCUT2D eigenvalue weighted by Gasteiger charge is 2.18. The van der Waals surface area contributed by atoms with Crippen molar-refractivity contribution in [3.63, 3.8) is 0 Å². The van der Waals surface area contributed by atoms with E-state index in [1.807, 2.05) is 6.07 Å². The zero-order valence-corrected chi connectivity index (χ0v) is 15.2. The molecule has 1 saturated heterocycles. The third-order valence-corrected chi connectivity index (χ3v) is 6.26. The number of morpholine rings is 1. The molecule has 0 atom stereocenters. The highest BCUT2D eigenvalue weighted by Crippen LogP contribution is 2.30. The van der Waals surface area contributed by atoms with Gasteiger partial charge >= 0.3 is 0 Å². The number of ether oxygens (including phenoxy) is 1. The van der Waals surface area contributed by atoms with Gasteiger partial charge in [0, 0.05) is 31.1 Å². The smallest absolute Gasteiger partial charge is 0.261 e. The van der Waals surface area contributed by atoms with Crippen molar-refractivity contribution in [3.8, 4) is 0 Å². The fourth-order valence-electron chi connectivity index (χ4n) is 3.59. The summed E-state index contributed by atoms with van der Waals surface area (Å²) in [6.45, 7) is 5.07. The number of hydrogen-bond donors (Lipinski definition) is 1. The molecule has 2 aromatic rings. The Hall–Kier alpha value is -1.69. The van der Waals surface area contributed by atoms with Gasteiger partial charge in [-0.15, -0.1) is 11.3 Å². The lowest BCUT2D eigenvalue weighted by Gasteiger charge is -2.27. The standard InChI is InChI=1S/C20H24N2O2S/c23-20(19-12-15-6-3-7-18(15)25-19)21-13-16-4-1-2-5-17(16)14-22-8-10-24-11-9-22/h1-2,4-5,12H,3,6-11,13-14H2,(H,21,23). The highest BCUT2D eigenvalue weighted by molar-refractivity contribution is 7.14. The van der Waals surface area contributed by atoms with Crippen molar-refractivity contribution < 1.29 is 9.53 Å². The molecule has 0 bridgehead atoms. The van der Waals surface area contributed by atoms with Crippen molar-refractivity contribution in [2.45, 2.75) is 32.4 Å². The molecule has 0 radical (unpaired) electrons. The summed E-state index contributed by atoms with van der Waals surface area (Å²) in [6, 6.07) is 10.5. The number of hydrogen-bond acceptors (Lipinski definition) is 4. The summed E-state index contributed by atoms with van der Waals surface area (Å²) in [5, 5.41) is 3.11. The summed E-state index contributed by atoms with van der Waals surface area (Å²) in [6.07, 6.45) is 3.50. The Bertz CT molecular complexity index is 728. The molecule has 132 valence electrons. The fourth-order valence-corrected chi connectivity index (χ4v) is 4.76. The predicted molar refractivity (Wildman–Crippen MR) is 100 cm³/mol. The number of carbonyl (C=O) groups is 1.